The summed E-state index contributed by atoms with van der Waals surface area (Å²) in [6.45, 7) is 4.42. The van der Waals surface area contributed by atoms with Crippen molar-refractivity contribution < 1.29 is 0 Å². The lowest BCUT2D eigenvalue weighted by Crippen LogP contribution is -2.28. The second kappa shape index (κ2) is 4.73. The summed E-state index contributed by atoms with van der Waals surface area (Å²) in [6.07, 6.45) is 3.83. The van der Waals surface area contributed by atoms with Crippen molar-refractivity contribution in [2.75, 3.05) is 13.1 Å². The number of rotatable bonds is 2. The molecule has 0 aliphatic carbocycles. The third kappa shape index (κ3) is 2.15. The SMILES string of the molecule is Cc1nc2ccc(CC3CCNCC3)cc2n1C. The zero-order chi connectivity index (χ0) is 12.5. The van der Waals surface area contributed by atoms with Gasteiger partial charge in [0.2, 0.25) is 0 Å². The lowest BCUT2D eigenvalue weighted by Gasteiger charge is -2.22. The quantitative estimate of drug-likeness (QED) is 0.878. The third-order valence-electron chi connectivity index (χ3n) is 4.15. The molecule has 3 rings (SSSR count). The van der Waals surface area contributed by atoms with Gasteiger partial charge in [-0.2, -0.15) is 0 Å². The molecule has 1 aliphatic rings. The van der Waals surface area contributed by atoms with Crippen molar-refractivity contribution in [3.05, 3.63) is 29.6 Å². The maximum Gasteiger partial charge on any atom is 0.106 e. The molecule has 1 N–H and O–H groups in total. The van der Waals surface area contributed by atoms with Gasteiger partial charge in [-0.25, -0.2) is 4.98 Å². The van der Waals surface area contributed by atoms with Gasteiger partial charge in [0.15, 0.2) is 0 Å². The molecule has 1 aliphatic heterocycles. The van der Waals surface area contributed by atoms with Gasteiger partial charge in [-0.15, -0.1) is 0 Å². The molecule has 0 bridgehead atoms. The zero-order valence-corrected chi connectivity index (χ0v) is 11.2. The van der Waals surface area contributed by atoms with E-state index in [9.17, 15) is 0 Å². The van der Waals surface area contributed by atoms with E-state index in [1.165, 1.54) is 43.4 Å². The highest BCUT2D eigenvalue weighted by atomic mass is 15.0. The summed E-state index contributed by atoms with van der Waals surface area (Å²) >= 11 is 0. The Morgan fingerprint density at radius 1 is 1.33 bits per heavy atom. The second-order valence-electron chi connectivity index (χ2n) is 5.44. The van der Waals surface area contributed by atoms with Gasteiger partial charge in [0.05, 0.1) is 11.0 Å². The molecule has 2 heterocycles. The van der Waals surface area contributed by atoms with E-state index in [2.05, 4.69) is 47.0 Å². The minimum absolute atomic E-state index is 0.845. The number of piperidine rings is 1. The predicted octanol–water partition coefficient (Wildman–Crippen LogP) is 2.42. The van der Waals surface area contributed by atoms with Gasteiger partial charge in [-0.05, 0) is 62.9 Å². The van der Waals surface area contributed by atoms with Crippen molar-refractivity contribution in [2.24, 2.45) is 13.0 Å². The molecule has 0 atom stereocenters. The van der Waals surface area contributed by atoms with Crippen molar-refractivity contribution in [3.63, 3.8) is 0 Å². The molecule has 3 heteroatoms. The molecule has 3 nitrogen and oxygen atoms in total. The number of fused-ring (bicyclic) bond motifs is 1. The van der Waals surface area contributed by atoms with Gasteiger partial charge in [0, 0.05) is 7.05 Å². The van der Waals surface area contributed by atoms with E-state index in [0.717, 1.165) is 17.3 Å². The fourth-order valence-corrected chi connectivity index (χ4v) is 2.90. The standard InChI is InChI=1S/C15H21N3/c1-11-17-14-4-3-13(10-15(14)18(11)2)9-12-5-7-16-8-6-12/h3-4,10,12,16H,5-9H2,1-2H3. The number of aryl methyl sites for hydroxylation is 2. The summed E-state index contributed by atoms with van der Waals surface area (Å²) in [7, 11) is 2.10. The number of imidazole rings is 1. The Kier molecular flexibility index (Phi) is 3.08. The van der Waals surface area contributed by atoms with Crippen LogP contribution in [0, 0.1) is 12.8 Å². The highest BCUT2D eigenvalue weighted by Gasteiger charge is 2.14. The molecule has 1 aromatic carbocycles. The number of hydrogen-bond acceptors (Lipinski definition) is 2. The Labute approximate surface area is 108 Å². The van der Waals surface area contributed by atoms with Crippen LogP contribution in [-0.4, -0.2) is 22.6 Å². The van der Waals surface area contributed by atoms with Gasteiger partial charge >= 0.3 is 0 Å². The van der Waals surface area contributed by atoms with Gasteiger partial charge in [-0.3, -0.25) is 0 Å². The first-order valence-electron chi connectivity index (χ1n) is 6.87. The Morgan fingerprint density at radius 2 is 2.11 bits per heavy atom. The Morgan fingerprint density at radius 3 is 2.89 bits per heavy atom. The van der Waals surface area contributed by atoms with E-state index in [0.29, 0.717) is 0 Å². The van der Waals surface area contributed by atoms with Crippen LogP contribution in [0.4, 0.5) is 0 Å². The monoisotopic (exact) mass is 243 g/mol. The van der Waals surface area contributed by atoms with E-state index in [1.807, 2.05) is 0 Å². The van der Waals surface area contributed by atoms with E-state index in [4.69, 9.17) is 0 Å². The number of benzene rings is 1. The number of aromatic nitrogens is 2. The molecule has 1 fully saturated rings. The van der Waals surface area contributed by atoms with Crippen LogP contribution in [-0.2, 0) is 13.5 Å². The Bertz CT molecular complexity index is 550. The fourth-order valence-electron chi connectivity index (χ4n) is 2.90. The van der Waals surface area contributed by atoms with Crippen molar-refractivity contribution in [1.82, 2.24) is 14.9 Å². The smallest absolute Gasteiger partial charge is 0.106 e. The van der Waals surface area contributed by atoms with Crippen LogP contribution >= 0.6 is 0 Å². The van der Waals surface area contributed by atoms with Crippen LogP contribution in [0.1, 0.15) is 24.2 Å². The average Bonchev–Trinajstić information content (AvgIpc) is 2.67. The maximum atomic E-state index is 4.55. The second-order valence-corrected chi connectivity index (χ2v) is 5.44. The Hall–Kier alpha value is -1.35. The van der Waals surface area contributed by atoms with Crippen LogP contribution in [0.5, 0.6) is 0 Å². The molecule has 0 amide bonds. The predicted molar refractivity (Wildman–Crippen MR) is 74.7 cm³/mol. The van der Waals surface area contributed by atoms with Crippen LogP contribution in [0.3, 0.4) is 0 Å². The summed E-state index contributed by atoms with van der Waals surface area (Å²) in [6, 6.07) is 6.73. The number of hydrogen-bond donors (Lipinski definition) is 1. The molecule has 2 aromatic rings. The molecule has 1 aromatic heterocycles. The van der Waals surface area contributed by atoms with E-state index >= 15 is 0 Å². The number of nitrogens with one attached hydrogen (secondary N) is 1. The zero-order valence-electron chi connectivity index (χ0n) is 11.2. The average molecular weight is 243 g/mol. The molecule has 0 unspecified atom stereocenters. The molecule has 96 valence electrons. The van der Waals surface area contributed by atoms with Gasteiger partial charge in [-0.1, -0.05) is 6.07 Å². The molecule has 0 saturated carbocycles. The van der Waals surface area contributed by atoms with Crippen molar-refractivity contribution in [3.8, 4) is 0 Å². The minimum Gasteiger partial charge on any atom is -0.331 e. The number of nitrogens with zero attached hydrogens (tertiary/aromatic N) is 2. The highest BCUT2D eigenvalue weighted by Crippen LogP contribution is 2.22. The van der Waals surface area contributed by atoms with Crippen LogP contribution in [0.2, 0.25) is 0 Å². The van der Waals surface area contributed by atoms with Crippen LogP contribution < -0.4 is 5.32 Å². The molecule has 0 spiro atoms. The normalized spacial score (nSPS) is 17.4. The van der Waals surface area contributed by atoms with Crippen LogP contribution in [0.25, 0.3) is 11.0 Å². The topological polar surface area (TPSA) is 29.9 Å². The van der Waals surface area contributed by atoms with E-state index in [1.54, 1.807) is 0 Å². The summed E-state index contributed by atoms with van der Waals surface area (Å²) in [5.74, 6) is 1.93. The fraction of sp³-hybridized carbons (Fsp3) is 0.533. The van der Waals surface area contributed by atoms with Crippen molar-refractivity contribution in [2.45, 2.75) is 26.2 Å². The van der Waals surface area contributed by atoms with Gasteiger partial charge < -0.3 is 9.88 Å². The van der Waals surface area contributed by atoms with E-state index in [-0.39, 0.29) is 0 Å². The van der Waals surface area contributed by atoms with Crippen molar-refractivity contribution >= 4 is 11.0 Å². The first kappa shape index (κ1) is 11.7. The lowest BCUT2D eigenvalue weighted by molar-refractivity contribution is 0.373. The highest BCUT2D eigenvalue weighted by molar-refractivity contribution is 5.76. The summed E-state index contributed by atoms with van der Waals surface area (Å²) in [5.41, 5.74) is 3.83. The van der Waals surface area contributed by atoms with Gasteiger partial charge in [0.1, 0.15) is 5.82 Å². The molecular weight excluding hydrogens is 222 g/mol. The maximum absolute atomic E-state index is 4.55. The first-order chi connectivity index (χ1) is 8.74. The summed E-state index contributed by atoms with van der Waals surface area (Å²) in [5, 5.41) is 3.43. The molecule has 18 heavy (non-hydrogen) atoms. The third-order valence-corrected chi connectivity index (χ3v) is 4.15. The molecular formula is C15H21N3. The first-order valence-corrected chi connectivity index (χ1v) is 6.87. The summed E-state index contributed by atoms with van der Waals surface area (Å²) in [4.78, 5) is 4.55. The molecule has 1 saturated heterocycles. The van der Waals surface area contributed by atoms with Crippen molar-refractivity contribution in [1.29, 1.82) is 0 Å². The largest absolute Gasteiger partial charge is 0.331 e. The van der Waals surface area contributed by atoms with Gasteiger partial charge in [0.25, 0.3) is 0 Å². The van der Waals surface area contributed by atoms with Crippen LogP contribution in [0.15, 0.2) is 18.2 Å². The Balaban J connectivity index is 1.85. The van der Waals surface area contributed by atoms with E-state index < -0.39 is 0 Å². The lowest BCUT2D eigenvalue weighted by atomic mass is 9.91. The molecule has 0 radical (unpaired) electrons. The minimum atomic E-state index is 0.845. The summed E-state index contributed by atoms with van der Waals surface area (Å²) < 4.78 is 2.18.